The average Bonchev–Trinajstić information content (AvgIpc) is 2.64. The van der Waals surface area contributed by atoms with E-state index in [0.717, 1.165) is 12.5 Å². The summed E-state index contributed by atoms with van der Waals surface area (Å²) in [6.45, 7) is 7.26. The van der Waals surface area contributed by atoms with Gasteiger partial charge in [-0.3, -0.25) is 9.59 Å². The molecule has 0 bridgehead atoms. The van der Waals surface area contributed by atoms with Crippen LogP contribution in [0.5, 0.6) is 0 Å². The van der Waals surface area contributed by atoms with Gasteiger partial charge in [-0.05, 0) is 38.5 Å². The molecule has 1 heterocycles. The Hall–Kier alpha value is -1.06. The molecule has 2 atom stereocenters. The lowest BCUT2D eigenvalue weighted by atomic mass is 10.0. The Morgan fingerprint density at radius 2 is 2.06 bits per heavy atom. The third-order valence-electron chi connectivity index (χ3n) is 4.16. The molecule has 1 saturated heterocycles. The molecule has 2 aliphatic rings. The smallest absolute Gasteiger partial charge is 0.247 e. The molecule has 4 heteroatoms. The predicted molar refractivity (Wildman–Crippen MR) is 69.9 cm³/mol. The number of carbonyl (C=O) groups excluding carboxylic acids is 2. The van der Waals surface area contributed by atoms with Gasteiger partial charge in [-0.1, -0.05) is 13.3 Å². The fourth-order valence-corrected chi connectivity index (χ4v) is 3.17. The summed E-state index contributed by atoms with van der Waals surface area (Å²) in [5, 5.41) is 2.80. The van der Waals surface area contributed by atoms with Crippen molar-refractivity contribution >= 4 is 11.8 Å². The first-order valence-corrected chi connectivity index (χ1v) is 6.99. The molecule has 2 rings (SSSR count). The summed E-state index contributed by atoms with van der Waals surface area (Å²) in [6, 6.07) is 0. The highest BCUT2D eigenvalue weighted by Crippen LogP contribution is 2.31. The highest BCUT2D eigenvalue weighted by Gasteiger charge is 2.37. The van der Waals surface area contributed by atoms with Gasteiger partial charge < -0.3 is 10.2 Å². The van der Waals surface area contributed by atoms with E-state index in [4.69, 9.17) is 0 Å². The van der Waals surface area contributed by atoms with Gasteiger partial charge in [-0.2, -0.15) is 0 Å². The first kappa shape index (κ1) is 13.4. The zero-order chi connectivity index (χ0) is 13.3. The van der Waals surface area contributed by atoms with Gasteiger partial charge >= 0.3 is 0 Å². The first-order chi connectivity index (χ1) is 8.38. The largest absolute Gasteiger partial charge is 0.342 e. The van der Waals surface area contributed by atoms with Gasteiger partial charge in [-0.15, -0.1) is 0 Å². The van der Waals surface area contributed by atoms with Crippen molar-refractivity contribution in [1.82, 2.24) is 10.2 Å². The normalized spacial score (nSPS) is 32.3. The first-order valence-electron chi connectivity index (χ1n) is 6.99. The zero-order valence-electron chi connectivity index (χ0n) is 11.7. The van der Waals surface area contributed by atoms with Crippen molar-refractivity contribution in [1.29, 1.82) is 0 Å². The summed E-state index contributed by atoms with van der Waals surface area (Å²) in [6.07, 6.45) is 4.13. The Kier molecular flexibility index (Phi) is 3.64. The third-order valence-corrected chi connectivity index (χ3v) is 4.16. The quantitative estimate of drug-likeness (QED) is 0.810. The van der Waals surface area contributed by atoms with Crippen LogP contribution in [0.1, 0.15) is 46.5 Å². The Labute approximate surface area is 109 Å². The number of nitrogens with zero attached hydrogens (tertiary/aromatic N) is 1. The van der Waals surface area contributed by atoms with Crippen LogP contribution in [-0.4, -0.2) is 35.3 Å². The van der Waals surface area contributed by atoms with E-state index in [1.807, 2.05) is 4.90 Å². The van der Waals surface area contributed by atoms with Gasteiger partial charge in [0.05, 0.1) is 0 Å². The van der Waals surface area contributed by atoms with E-state index in [-0.39, 0.29) is 11.8 Å². The molecule has 1 aliphatic heterocycles. The molecule has 1 aliphatic carbocycles. The Morgan fingerprint density at radius 3 is 2.67 bits per heavy atom. The fourth-order valence-electron chi connectivity index (χ4n) is 3.17. The summed E-state index contributed by atoms with van der Waals surface area (Å²) in [5.74, 6) is 1.45. The van der Waals surface area contributed by atoms with Crippen LogP contribution < -0.4 is 5.32 Å². The summed E-state index contributed by atoms with van der Waals surface area (Å²) < 4.78 is 0. The minimum Gasteiger partial charge on any atom is -0.342 e. The standard InChI is InChI=1S/C14H24N2O2/c1-10-4-5-11(8-10)9-16-7-6-12(17)15-14(2,3)13(16)18/h10-11H,4-9H2,1-3H3,(H,15,17). The molecule has 2 fully saturated rings. The number of rotatable bonds is 2. The Balaban J connectivity index is 2.02. The predicted octanol–water partition coefficient (Wildman–Crippen LogP) is 1.55. The van der Waals surface area contributed by atoms with Crippen molar-refractivity contribution in [2.24, 2.45) is 11.8 Å². The van der Waals surface area contributed by atoms with Crippen LogP contribution in [0.25, 0.3) is 0 Å². The molecule has 0 aromatic carbocycles. The van der Waals surface area contributed by atoms with Crippen molar-refractivity contribution in [3.05, 3.63) is 0 Å². The SMILES string of the molecule is CC1CCC(CN2CCC(=O)NC(C)(C)C2=O)C1. The van der Waals surface area contributed by atoms with Crippen LogP contribution in [0.4, 0.5) is 0 Å². The topological polar surface area (TPSA) is 49.4 Å². The molecule has 0 spiro atoms. The molecular weight excluding hydrogens is 228 g/mol. The van der Waals surface area contributed by atoms with Crippen LogP contribution in [0, 0.1) is 11.8 Å². The Bertz CT molecular complexity index is 352. The molecule has 0 aromatic rings. The van der Waals surface area contributed by atoms with Crippen LogP contribution >= 0.6 is 0 Å². The number of carbonyl (C=O) groups is 2. The highest BCUT2D eigenvalue weighted by atomic mass is 16.2. The van der Waals surface area contributed by atoms with E-state index < -0.39 is 5.54 Å². The molecule has 1 saturated carbocycles. The number of amides is 2. The van der Waals surface area contributed by atoms with E-state index in [2.05, 4.69) is 12.2 Å². The number of hydrogen-bond acceptors (Lipinski definition) is 2. The van der Waals surface area contributed by atoms with Gasteiger partial charge in [0.1, 0.15) is 5.54 Å². The van der Waals surface area contributed by atoms with Crippen molar-refractivity contribution < 1.29 is 9.59 Å². The van der Waals surface area contributed by atoms with E-state index in [9.17, 15) is 9.59 Å². The molecule has 1 N–H and O–H groups in total. The lowest BCUT2D eigenvalue weighted by molar-refractivity contribution is -0.137. The van der Waals surface area contributed by atoms with Crippen LogP contribution in [0.3, 0.4) is 0 Å². The second-order valence-corrected chi connectivity index (χ2v) is 6.46. The van der Waals surface area contributed by atoms with Gasteiger partial charge in [0.15, 0.2) is 0 Å². The maximum absolute atomic E-state index is 12.4. The van der Waals surface area contributed by atoms with E-state index in [1.165, 1.54) is 19.3 Å². The van der Waals surface area contributed by atoms with Crippen LogP contribution in [0.15, 0.2) is 0 Å². The molecule has 2 amide bonds. The van der Waals surface area contributed by atoms with Crippen molar-refractivity contribution in [2.75, 3.05) is 13.1 Å². The average molecular weight is 252 g/mol. The second-order valence-electron chi connectivity index (χ2n) is 6.46. The van der Waals surface area contributed by atoms with E-state index in [1.54, 1.807) is 13.8 Å². The lowest BCUT2D eigenvalue weighted by Crippen LogP contribution is -2.53. The van der Waals surface area contributed by atoms with E-state index in [0.29, 0.717) is 18.9 Å². The monoisotopic (exact) mass is 252 g/mol. The second kappa shape index (κ2) is 4.90. The third kappa shape index (κ3) is 2.85. The minimum absolute atomic E-state index is 0.0179. The summed E-state index contributed by atoms with van der Waals surface area (Å²) >= 11 is 0. The Morgan fingerprint density at radius 1 is 1.33 bits per heavy atom. The maximum Gasteiger partial charge on any atom is 0.247 e. The van der Waals surface area contributed by atoms with Gasteiger partial charge in [0.2, 0.25) is 11.8 Å². The molecular formula is C14H24N2O2. The molecule has 0 aromatic heterocycles. The van der Waals surface area contributed by atoms with Gasteiger partial charge in [-0.25, -0.2) is 0 Å². The summed E-state index contributed by atoms with van der Waals surface area (Å²) in [7, 11) is 0. The fraction of sp³-hybridized carbons (Fsp3) is 0.857. The minimum atomic E-state index is -0.752. The van der Waals surface area contributed by atoms with Crippen LogP contribution in [0.2, 0.25) is 0 Å². The molecule has 0 radical (unpaired) electrons. The van der Waals surface area contributed by atoms with Gasteiger partial charge in [0, 0.05) is 19.5 Å². The zero-order valence-corrected chi connectivity index (χ0v) is 11.7. The summed E-state index contributed by atoms with van der Waals surface area (Å²) in [4.78, 5) is 25.9. The van der Waals surface area contributed by atoms with Crippen molar-refractivity contribution in [2.45, 2.75) is 52.0 Å². The van der Waals surface area contributed by atoms with E-state index >= 15 is 0 Å². The van der Waals surface area contributed by atoms with Crippen LogP contribution in [-0.2, 0) is 9.59 Å². The molecule has 2 unspecified atom stereocenters. The van der Waals surface area contributed by atoms with Crippen molar-refractivity contribution in [3.63, 3.8) is 0 Å². The number of hydrogen-bond donors (Lipinski definition) is 1. The maximum atomic E-state index is 12.4. The summed E-state index contributed by atoms with van der Waals surface area (Å²) in [5.41, 5.74) is -0.752. The molecule has 18 heavy (non-hydrogen) atoms. The lowest BCUT2D eigenvalue weighted by Gasteiger charge is -2.30. The highest BCUT2D eigenvalue weighted by molar-refractivity contribution is 5.92. The number of nitrogens with one attached hydrogen (secondary N) is 1. The van der Waals surface area contributed by atoms with Gasteiger partial charge in [0.25, 0.3) is 0 Å². The molecule has 4 nitrogen and oxygen atoms in total. The molecule has 102 valence electrons. The van der Waals surface area contributed by atoms with Crippen molar-refractivity contribution in [3.8, 4) is 0 Å².